The van der Waals surface area contributed by atoms with Crippen LogP contribution in [0.1, 0.15) is 6.92 Å². The second-order valence-electron chi connectivity index (χ2n) is 4.23. The molecule has 21 heavy (non-hydrogen) atoms. The number of halogens is 2. The van der Waals surface area contributed by atoms with E-state index in [0.717, 1.165) is 4.47 Å². The van der Waals surface area contributed by atoms with E-state index in [-0.39, 0.29) is 0 Å². The summed E-state index contributed by atoms with van der Waals surface area (Å²) >= 11 is 9.38. The van der Waals surface area contributed by atoms with E-state index in [0.29, 0.717) is 22.3 Å². The predicted molar refractivity (Wildman–Crippen MR) is 80.8 cm³/mol. The van der Waals surface area contributed by atoms with E-state index in [4.69, 9.17) is 21.1 Å². The lowest BCUT2D eigenvalue weighted by Gasteiger charge is -2.15. The number of ether oxygens (including phenoxy) is 2. The van der Waals surface area contributed by atoms with Crippen LogP contribution in [-0.4, -0.2) is 12.1 Å². The molecule has 0 aliphatic rings. The van der Waals surface area contributed by atoms with E-state index in [2.05, 4.69) is 15.9 Å². The molecular formula is C15H11BrClO4-. The highest BCUT2D eigenvalue weighted by molar-refractivity contribution is 9.10. The fraction of sp³-hybridized carbons (Fsp3) is 0.133. The molecule has 4 nitrogen and oxygen atoms in total. The highest BCUT2D eigenvalue weighted by Crippen LogP contribution is 2.32. The Kier molecular flexibility index (Phi) is 5.09. The highest BCUT2D eigenvalue weighted by atomic mass is 79.9. The van der Waals surface area contributed by atoms with Gasteiger partial charge in [0.1, 0.15) is 23.4 Å². The second-order valence-corrected chi connectivity index (χ2v) is 5.55. The zero-order chi connectivity index (χ0) is 15.4. The summed E-state index contributed by atoms with van der Waals surface area (Å²) in [5.41, 5.74) is 0. The lowest BCUT2D eigenvalue weighted by molar-refractivity contribution is -0.312. The van der Waals surface area contributed by atoms with Gasteiger partial charge < -0.3 is 19.4 Å². The average molecular weight is 371 g/mol. The summed E-state index contributed by atoms with van der Waals surface area (Å²) in [6.07, 6.45) is -1.02. The number of hydrogen-bond acceptors (Lipinski definition) is 4. The molecule has 0 saturated heterocycles. The average Bonchev–Trinajstić information content (AvgIpc) is 2.43. The molecule has 0 spiro atoms. The van der Waals surface area contributed by atoms with Crippen molar-refractivity contribution < 1.29 is 19.4 Å². The number of carbonyl (C=O) groups excluding carboxylic acids is 1. The van der Waals surface area contributed by atoms with Crippen molar-refractivity contribution in [2.45, 2.75) is 13.0 Å². The Balaban J connectivity index is 2.07. The number of carbonyl (C=O) groups is 1. The van der Waals surface area contributed by atoms with Crippen LogP contribution in [0.4, 0.5) is 0 Å². The van der Waals surface area contributed by atoms with Crippen LogP contribution < -0.4 is 14.6 Å². The summed E-state index contributed by atoms with van der Waals surface area (Å²) in [7, 11) is 0. The molecular weight excluding hydrogens is 360 g/mol. The largest absolute Gasteiger partial charge is 0.546 e. The maximum absolute atomic E-state index is 10.6. The summed E-state index contributed by atoms with van der Waals surface area (Å²) in [4.78, 5) is 10.6. The summed E-state index contributed by atoms with van der Waals surface area (Å²) < 4.78 is 11.7. The maximum atomic E-state index is 10.6. The van der Waals surface area contributed by atoms with Gasteiger partial charge in [-0.05, 0) is 49.4 Å². The van der Waals surface area contributed by atoms with Crippen molar-refractivity contribution in [2.24, 2.45) is 0 Å². The number of carboxylic acid groups (broad SMARTS) is 1. The van der Waals surface area contributed by atoms with Gasteiger partial charge in [-0.25, -0.2) is 0 Å². The molecule has 0 aliphatic heterocycles. The first-order valence-electron chi connectivity index (χ1n) is 6.06. The summed E-state index contributed by atoms with van der Waals surface area (Å²) in [5, 5.41) is 11.1. The van der Waals surface area contributed by atoms with Gasteiger partial charge in [-0.2, -0.15) is 0 Å². The molecule has 6 heteroatoms. The molecule has 1 atom stereocenters. The standard InChI is InChI=1S/C15H12BrClO4/c1-9(15(18)19)20-11-3-5-12(6-4-11)21-14-7-2-10(16)8-13(14)17/h2-9H,1H3,(H,18,19)/p-1. The van der Waals surface area contributed by atoms with E-state index in [1.54, 1.807) is 36.4 Å². The molecule has 1 unspecified atom stereocenters. The molecule has 2 aromatic carbocycles. The van der Waals surface area contributed by atoms with Crippen LogP contribution in [0.2, 0.25) is 5.02 Å². The van der Waals surface area contributed by atoms with Crippen molar-refractivity contribution in [3.05, 3.63) is 52.0 Å². The van der Waals surface area contributed by atoms with Gasteiger partial charge in [-0.15, -0.1) is 0 Å². The smallest absolute Gasteiger partial charge is 0.146 e. The molecule has 0 aliphatic carbocycles. The Bertz CT molecular complexity index is 643. The fourth-order valence-electron chi connectivity index (χ4n) is 1.52. The summed E-state index contributed by atoms with van der Waals surface area (Å²) in [6.45, 7) is 1.40. The lowest BCUT2D eigenvalue weighted by Crippen LogP contribution is -2.37. The molecule has 2 aromatic rings. The third-order valence-electron chi connectivity index (χ3n) is 2.59. The number of rotatable bonds is 5. The molecule has 0 N–H and O–H groups in total. The molecule has 0 amide bonds. The van der Waals surface area contributed by atoms with Gasteiger partial charge in [-0.1, -0.05) is 27.5 Å². The SMILES string of the molecule is CC(Oc1ccc(Oc2ccc(Br)cc2Cl)cc1)C(=O)[O-]. The Morgan fingerprint density at radius 3 is 2.38 bits per heavy atom. The maximum Gasteiger partial charge on any atom is 0.146 e. The van der Waals surface area contributed by atoms with Crippen molar-refractivity contribution in [3.63, 3.8) is 0 Å². The van der Waals surface area contributed by atoms with Gasteiger partial charge in [-0.3, -0.25) is 0 Å². The zero-order valence-corrected chi connectivity index (χ0v) is 13.3. The summed E-state index contributed by atoms with van der Waals surface area (Å²) in [5.74, 6) is 0.238. The van der Waals surface area contributed by atoms with E-state index in [1.807, 2.05) is 6.07 Å². The summed E-state index contributed by atoms with van der Waals surface area (Å²) in [6, 6.07) is 11.8. The molecule has 0 radical (unpaired) electrons. The number of hydrogen-bond donors (Lipinski definition) is 0. The number of carboxylic acids is 1. The third-order valence-corrected chi connectivity index (χ3v) is 3.38. The topological polar surface area (TPSA) is 58.6 Å². The van der Waals surface area contributed by atoms with Crippen LogP contribution in [0.25, 0.3) is 0 Å². The van der Waals surface area contributed by atoms with E-state index >= 15 is 0 Å². The van der Waals surface area contributed by atoms with Crippen LogP contribution >= 0.6 is 27.5 Å². The van der Waals surface area contributed by atoms with Crippen molar-refractivity contribution in [1.29, 1.82) is 0 Å². The van der Waals surface area contributed by atoms with Crippen molar-refractivity contribution >= 4 is 33.5 Å². The number of aliphatic carboxylic acids is 1. The molecule has 0 bridgehead atoms. The van der Waals surface area contributed by atoms with Crippen LogP contribution in [-0.2, 0) is 4.79 Å². The Morgan fingerprint density at radius 2 is 1.81 bits per heavy atom. The zero-order valence-electron chi connectivity index (χ0n) is 11.0. The predicted octanol–water partition coefficient (Wildman–Crippen LogP) is 3.41. The van der Waals surface area contributed by atoms with Gasteiger partial charge in [0.15, 0.2) is 0 Å². The van der Waals surface area contributed by atoms with Gasteiger partial charge >= 0.3 is 0 Å². The van der Waals surface area contributed by atoms with E-state index in [9.17, 15) is 9.90 Å². The molecule has 2 rings (SSSR count). The van der Waals surface area contributed by atoms with Crippen LogP contribution in [0.15, 0.2) is 46.9 Å². The first kappa shape index (κ1) is 15.7. The van der Waals surface area contributed by atoms with Crippen LogP contribution in [0.3, 0.4) is 0 Å². The van der Waals surface area contributed by atoms with Gasteiger partial charge in [0, 0.05) is 4.47 Å². The van der Waals surface area contributed by atoms with Crippen molar-refractivity contribution in [2.75, 3.05) is 0 Å². The first-order chi connectivity index (χ1) is 9.95. The fourth-order valence-corrected chi connectivity index (χ4v) is 2.24. The second kappa shape index (κ2) is 6.83. The van der Waals surface area contributed by atoms with E-state index < -0.39 is 12.1 Å². The van der Waals surface area contributed by atoms with E-state index in [1.165, 1.54) is 6.92 Å². The Morgan fingerprint density at radius 1 is 1.19 bits per heavy atom. The minimum absolute atomic E-state index is 0.418. The minimum Gasteiger partial charge on any atom is -0.546 e. The van der Waals surface area contributed by atoms with Crippen molar-refractivity contribution in [3.8, 4) is 17.2 Å². The molecule has 0 fully saturated rings. The number of benzene rings is 2. The molecule has 0 saturated carbocycles. The van der Waals surface area contributed by atoms with Gasteiger partial charge in [0.2, 0.25) is 0 Å². The van der Waals surface area contributed by atoms with Gasteiger partial charge in [0.25, 0.3) is 0 Å². The molecule has 0 heterocycles. The van der Waals surface area contributed by atoms with Crippen molar-refractivity contribution in [1.82, 2.24) is 0 Å². The van der Waals surface area contributed by atoms with Crippen LogP contribution in [0, 0.1) is 0 Å². The molecule has 0 aromatic heterocycles. The van der Waals surface area contributed by atoms with Gasteiger partial charge in [0.05, 0.1) is 11.0 Å². The highest BCUT2D eigenvalue weighted by Gasteiger charge is 2.06. The molecule has 110 valence electrons. The Labute approximate surface area is 135 Å². The quantitative estimate of drug-likeness (QED) is 0.809. The first-order valence-corrected chi connectivity index (χ1v) is 7.23. The van der Waals surface area contributed by atoms with Crippen LogP contribution in [0.5, 0.6) is 17.2 Å². The Hall–Kier alpha value is -1.72. The third kappa shape index (κ3) is 4.37. The lowest BCUT2D eigenvalue weighted by atomic mass is 10.3. The minimum atomic E-state index is -1.27. The monoisotopic (exact) mass is 369 g/mol. The normalized spacial score (nSPS) is 11.8.